The molecule has 0 spiro atoms. The molecule has 0 fully saturated rings. The number of thiophene rings is 1. The van der Waals surface area contributed by atoms with Crippen LogP contribution in [0, 0.1) is 6.92 Å². The van der Waals surface area contributed by atoms with Gasteiger partial charge in [-0.3, -0.25) is 4.79 Å². The fraction of sp³-hybridized carbons (Fsp3) is 0.312. The van der Waals surface area contributed by atoms with Gasteiger partial charge in [-0.2, -0.15) is 0 Å². The second-order valence-corrected chi connectivity index (χ2v) is 5.57. The predicted molar refractivity (Wildman–Crippen MR) is 80.9 cm³/mol. The van der Waals surface area contributed by atoms with Gasteiger partial charge in [-0.05, 0) is 35.9 Å². The highest BCUT2D eigenvalue weighted by atomic mass is 32.1. The Kier molecular flexibility index (Phi) is 4.74. The smallest absolute Gasteiger partial charge is 0.261 e. The minimum atomic E-state index is 0.0434. The summed E-state index contributed by atoms with van der Waals surface area (Å²) in [5.74, 6) is 0.423. The van der Waals surface area contributed by atoms with Gasteiger partial charge in [0.25, 0.3) is 5.91 Å². The Morgan fingerprint density at radius 3 is 2.58 bits per heavy atom. The van der Waals surface area contributed by atoms with Gasteiger partial charge < -0.3 is 5.32 Å². The number of hydrogen-bond acceptors (Lipinski definition) is 2. The van der Waals surface area contributed by atoms with E-state index >= 15 is 0 Å². The van der Waals surface area contributed by atoms with Crippen LogP contribution in [-0.2, 0) is 0 Å². The Labute approximate surface area is 118 Å². The monoisotopic (exact) mass is 273 g/mol. The fourth-order valence-electron chi connectivity index (χ4n) is 2.12. The number of aryl methyl sites for hydroxylation is 1. The van der Waals surface area contributed by atoms with Gasteiger partial charge in [0.1, 0.15) is 0 Å². The summed E-state index contributed by atoms with van der Waals surface area (Å²) in [6.45, 7) is 4.82. The van der Waals surface area contributed by atoms with Crippen LogP contribution >= 0.6 is 11.3 Å². The number of nitrogens with one attached hydrogen (secondary N) is 1. The molecule has 3 heteroatoms. The molecule has 1 aromatic heterocycles. The van der Waals surface area contributed by atoms with Crippen molar-refractivity contribution < 1.29 is 4.79 Å². The van der Waals surface area contributed by atoms with Gasteiger partial charge in [0.15, 0.2) is 0 Å². The van der Waals surface area contributed by atoms with E-state index in [2.05, 4.69) is 24.4 Å². The fourth-order valence-corrected chi connectivity index (χ4v) is 2.97. The molecule has 0 aliphatic carbocycles. The van der Waals surface area contributed by atoms with Crippen LogP contribution < -0.4 is 5.32 Å². The summed E-state index contributed by atoms with van der Waals surface area (Å²) in [6.07, 6.45) is 1.02. The second kappa shape index (κ2) is 6.53. The van der Waals surface area contributed by atoms with Crippen molar-refractivity contribution in [3.8, 4) is 0 Å². The first-order chi connectivity index (χ1) is 9.22. The molecule has 0 saturated heterocycles. The van der Waals surface area contributed by atoms with Crippen molar-refractivity contribution in [1.29, 1.82) is 0 Å². The second-order valence-electron chi connectivity index (χ2n) is 4.66. The van der Waals surface area contributed by atoms with E-state index in [1.54, 1.807) is 0 Å². The van der Waals surface area contributed by atoms with Gasteiger partial charge in [-0.15, -0.1) is 11.3 Å². The minimum Gasteiger partial charge on any atom is -0.351 e. The maximum Gasteiger partial charge on any atom is 0.261 e. The molecule has 2 rings (SSSR count). The van der Waals surface area contributed by atoms with Gasteiger partial charge in [0.2, 0.25) is 0 Å². The standard InChI is InChI=1S/C16H19NOS/c1-3-13(14-7-5-4-6-8-14)11-17-16(18)15-12(2)9-10-19-15/h4-10,13H,3,11H2,1-2H3,(H,17,18)/t13-/m1/s1. The Morgan fingerprint density at radius 1 is 1.26 bits per heavy atom. The van der Waals surface area contributed by atoms with Crippen molar-refractivity contribution in [2.24, 2.45) is 0 Å². The number of carbonyl (C=O) groups is 1. The van der Waals surface area contributed by atoms with E-state index in [0.29, 0.717) is 12.5 Å². The minimum absolute atomic E-state index is 0.0434. The summed E-state index contributed by atoms with van der Waals surface area (Å²) in [4.78, 5) is 12.9. The lowest BCUT2D eigenvalue weighted by molar-refractivity contribution is 0.0954. The molecule has 100 valence electrons. The lowest BCUT2D eigenvalue weighted by atomic mass is 9.96. The van der Waals surface area contributed by atoms with E-state index in [4.69, 9.17) is 0 Å². The first-order valence-corrected chi connectivity index (χ1v) is 7.47. The number of hydrogen-bond donors (Lipinski definition) is 1. The molecule has 0 radical (unpaired) electrons. The number of carbonyl (C=O) groups excluding carboxylic acids is 1. The molecule has 2 aromatic rings. The maximum atomic E-state index is 12.1. The van der Waals surface area contributed by atoms with Crippen LogP contribution in [0.3, 0.4) is 0 Å². The normalized spacial score (nSPS) is 12.1. The molecule has 0 aliphatic heterocycles. The van der Waals surface area contributed by atoms with E-state index in [1.807, 2.05) is 36.6 Å². The Hall–Kier alpha value is -1.61. The highest BCUT2D eigenvalue weighted by Crippen LogP contribution is 2.19. The third-order valence-electron chi connectivity index (χ3n) is 3.34. The molecule has 0 bridgehead atoms. The van der Waals surface area contributed by atoms with Crippen LogP contribution in [0.25, 0.3) is 0 Å². The van der Waals surface area contributed by atoms with E-state index < -0.39 is 0 Å². The van der Waals surface area contributed by atoms with E-state index in [0.717, 1.165) is 16.9 Å². The summed E-state index contributed by atoms with van der Waals surface area (Å²) in [5, 5.41) is 5.00. The average Bonchev–Trinajstić information content (AvgIpc) is 2.87. The lowest BCUT2D eigenvalue weighted by Gasteiger charge is -2.16. The van der Waals surface area contributed by atoms with E-state index in [9.17, 15) is 4.79 Å². The van der Waals surface area contributed by atoms with Crippen LogP contribution in [0.1, 0.15) is 40.1 Å². The van der Waals surface area contributed by atoms with Gasteiger partial charge >= 0.3 is 0 Å². The molecule has 1 aromatic carbocycles. The van der Waals surface area contributed by atoms with Gasteiger partial charge in [-0.1, -0.05) is 37.3 Å². The molecule has 19 heavy (non-hydrogen) atoms. The summed E-state index contributed by atoms with van der Waals surface area (Å²) >= 11 is 1.50. The van der Waals surface area contributed by atoms with Crippen LogP contribution in [0.5, 0.6) is 0 Å². The third kappa shape index (κ3) is 3.44. The topological polar surface area (TPSA) is 29.1 Å². The summed E-state index contributed by atoms with van der Waals surface area (Å²) in [5.41, 5.74) is 2.34. The van der Waals surface area contributed by atoms with E-state index in [-0.39, 0.29) is 5.91 Å². The zero-order chi connectivity index (χ0) is 13.7. The van der Waals surface area contributed by atoms with Crippen LogP contribution in [0.2, 0.25) is 0 Å². The first kappa shape index (κ1) is 13.8. The molecule has 1 heterocycles. The lowest BCUT2D eigenvalue weighted by Crippen LogP contribution is -2.28. The summed E-state index contributed by atoms with van der Waals surface area (Å²) in [7, 11) is 0. The molecule has 2 nitrogen and oxygen atoms in total. The van der Waals surface area contributed by atoms with Crippen molar-refractivity contribution >= 4 is 17.2 Å². The molecule has 0 unspecified atom stereocenters. The molecule has 1 atom stereocenters. The SMILES string of the molecule is CC[C@H](CNC(=O)c1sccc1C)c1ccccc1. The summed E-state index contributed by atoms with van der Waals surface area (Å²) in [6, 6.07) is 12.3. The van der Waals surface area contributed by atoms with Crippen molar-refractivity contribution in [2.75, 3.05) is 6.54 Å². The van der Waals surface area contributed by atoms with Crippen LogP contribution in [-0.4, -0.2) is 12.5 Å². The van der Waals surface area contributed by atoms with Crippen molar-refractivity contribution in [3.63, 3.8) is 0 Å². The molecular weight excluding hydrogens is 254 g/mol. The van der Waals surface area contributed by atoms with Crippen LogP contribution in [0.15, 0.2) is 41.8 Å². The highest BCUT2D eigenvalue weighted by Gasteiger charge is 2.13. The van der Waals surface area contributed by atoms with E-state index in [1.165, 1.54) is 16.9 Å². The molecular formula is C16H19NOS. The largest absolute Gasteiger partial charge is 0.351 e. The first-order valence-electron chi connectivity index (χ1n) is 6.59. The zero-order valence-corrected chi connectivity index (χ0v) is 12.2. The van der Waals surface area contributed by atoms with Crippen molar-refractivity contribution in [1.82, 2.24) is 5.32 Å². The predicted octanol–water partition coefficient (Wildman–Crippen LogP) is 3.98. The Bertz CT molecular complexity index is 533. The van der Waals surface area contributed by atoms with Gasteiger partial charge in [0.05, 0.1) is 4.88 Å². The third-order valence-corrected chi connectivity index (χ3v) is 4.36. The summed E-state index contributed by atoms with van der Waals surface area (Å²) < 4.78 is 0. The molecule has 0 saturated carbocycles. The highest BCUT2D eigenvalue weighted by molar-refractivity contribution is 7.12. The van der Waals surface area contributed by atoms with Crippen molar-refractivity contribution in [2.45, 2.75) is 26.2 Å². The molecule has 1 amide bonds. The van der Waals surface area contributed by atoms with Crippen LogP contribution in [0.4, 0.5) is 0 Å². The van der Waals surface area contributed by atoms with Crippen molar-refractivity contribution in [3.05, 3.63) is 57.8 Å². The number of amides is 1. The quantitative estimate of drug-likeness (QED) is 0.877. The number of benzene rings is 1. The number of rotatable bonds is 5. The van der Waals surface area contributed by atoms with Gasteiger partial charge in [-0.25, -0.2) is 0 Å². The maximum absolute atomic E-state index is 12.1. The zero-order valence-electron chi connectivity index (χ0n) is 11.3. The Balaban J connectivity index is 1.98. The molecule has 0 aliphatic rings. The average molecular weight is 273 g/mol. The molecule has 1 N–H and O–H groups in total. The van der Waals surface area contributed by atoms with Gasteiger partial charge in [0, 0.05) is 12.5 Å². The Morgan fingerprint density at radius 2 is 2.00 bits per heavy atom.